The molecular formula is C11H15N3O2S2. The number of carbonyl (C=O) groups is 2. The summed E-state index contributed by atoms with van der Waals surface area (Å²) in [5.74, 6) is -0.469. The lowest BCUT2D eigenvalue weighted by molar-refractivity contribution is -0.136. The van der Waals surface area contributed by atoms with E-state index in [1.807, 2.05) is 6.92 Å². The molecule has 18 heavy (non-hydrogen) atoms. The van der Waals surface area contributed by atoms with Crippen LogP contribution >= 0.6 is 23.6 Å². The molecule has 5 nitrogen and oxygen atoms in total. The summed E-state index contributed by atoms with van der Waals surface area (Å²) in [4.78, 5) is 28.9. The number of thiazole rings is 1. The molecule has 0 bridgehead atoms. The van der Waals surface area contributed by atoms with E-state index in [1.165, 1.54) is 11.3 Å². The van der Waals surface area contributed by atoms with Gasteiger partial charge in [0.25, 0.3) is 0 Å². The maximum Gasteiger partial charge on any atom is 0.240 e. The first-order valence-electron chi connectivity index (χ1n) is 5.76. The first-order valence-corrected chi connectivity index (χ1v) is 6.99. The average Bonchev–Trinajstić information content (AvgIpc) is 2.86. The van der Waals surface area contributed by atoms with E-state index in [1.54, 1.807) is 4.90 Å². The van der Waals surface area contributed by atoms with Crippen LogP contribution in [0.15, 0.2) is 0 Å². The van der Waals surface area contributed by atoms with Crippen LogP contribution < -0.4 is 5.73 Å². The third-order valence-electron chi connectivity index (χ3n) is 3.14. The number of aromatic nitrogens is 1. The Bertz CT molecular complexity index is 535. The highest BCUT2D eigenvalue weighted by Gasteiger charge is 2.32. The number of nitrogens with zero attached hydrogens (tertiary/aromatic N) is 1. The number of likely N-dealkylation sites (tertiary alicyclic amines) is 1. The summed E-state index contributed by atoms with van der Waals surface area (Å²) in [6.07, 6.45) is 1.79. The van der Waals surface area contributed by atoms with Crippen LogP contribution in [-0.2, 0) is 16.0 Å². The summed E-state index contributed by atoms with van der Waals surface area (Å²) >= 11 is 6.44. The van der Waals surface area contributed by atoms with Gasteiger partial charge in [-0.05, 0) is 32.0 Å². The third kappa shape index (κ3) is 2.62. The van der Waals surface area contributed by atoms with Crippen LogP contribution in [0.25, 0.3) is 0 Å². The second kappa shape index (κ2) is 5.19. The first kappa shape index (κ1) is 13.2. The molecule has 0 radical (unpaired) electrons. The second-order valence-electron chi connectivity index (χ2n) is 4.39. The minimum Gasteiger partial charge on any atom is -0.368 e. The fourth-order valence-corrected chi connectivity index (χ4v) is 3.49. The molecule has 0 saturated carbocycles. The largest absolute Gasteiger partial charge is 0.368 e. The van der Waals surface area contributed by atoms with Crippen molar-refractivity contribution in [3.05, 3.63) is 14.5 Å². The molecule has 2 heterocycles. The Labute approximate surface area is 114 Å². The van der Waals surface area contributed by atoms with Crippen LogP contribution in [0.2, 0.25) is 0 Å². The zero-order chi connectivity index (χ0) is 13.3. The van der Waals surface area contributed by atoms with Crippen LogP contribution in [0.1, 0.15) is 23.4 Å². The van der Waals surface area contributed by atoms with Crippen molar-refractivity contribution in [2.75, 3.05) is 6.54 Å². The molecule has 0 unspecified atom stereocenters. The standard InChI is InChI=1S/C11H15N3O2S2/c1-6-8(18-11(17)13-6)5-9(15)14-4-2-3-7(14)10(12)16/h7H,2-5H2,1H3,(H2,12,16)(H,13,17)/t7-/m1/s1. The molecule has 3 N–H and O–H groups in total. The van der Waals surface area contributed by atoms with E-state index in [0.29, 0.717) is 16.9 Å². The molecular weight excluding hydrogens is 270 g/mol. The molecule has 2 rings (SSSR count). The van der Waals surface area contributed by atoms with Gasteiger partial charge in [-0.1, -0.05) is 0 Å². The number of primary amides is 1. The molecule has 98 valence electrons. The van der Waals surface area contributed by atoms with Crippen LogP contribution in [0.5, 0.6) is 0 Å². The van der Waals surface area contributed by atoms with E-state index in [0.717, 1.165) is 17.0 Å². The summed E-state index contributed by atoms with van der Waals surface area (Å²) in [6, 6.07) is -0.440. The van der Waals surface area contributed by atoms with Crippen molar-refractivity contribution < 1.29 is 9.59 Å². The van der Waals surface area contributed by atoms with Gasteiger partial charge in [0.2, 0.25) is 11.8 Å². The molecule has 1 aromatic heterocycles. The van der Waals surface area contributed by atoms with Crippen molar-refractivity contribution in [3.8, 4) is 0 Å². The highest BCUT2D eigenvalue weighted by atomic mass is 32.1. The molecule has 1 aliphatic heterocycles. The number of carbonyl (C=O) groups excluding carboxylic acids is 2. The first-order chi connectivity index (χ1) is 8.49. The predicted molar refractivity (Wildman–Crippen MR) is 71.9 cm³/mol. The molecule has 1 atom stereocenters. The summed E-state index contributed by atoms with van der Waals surface area (Å²) in [5, 5.41) is 0. The second-order valence-corrected chi connectivity index (χ2v) is 6.16. The fourth-order valence-electron chi connectivity index (χ4n) is 2.21. The van der Waals surface area contributed by atoms with Gasteiger partial charge < -0.3 is 15.6 Å². The Hall–Kier alpha value is -1.21. The lowest BCUT2D eigenvalue weighted by Crippen LogP contribution is -2.44. The topological polar surface area (TPSA) is 79.2 Å². The van der Waals surface area contributed by atoms with E-state index >= 15 is 0 Å². The number of hydrogen-bond acceptors (Lipinski definition) is 4. The number of nitrogens with two attached hydrogens (primary N) is 1. The molecule has 7 heteroatoms. The third-order valence-corrected chi connectivity index (χ3v) is 4.47. The number of aromatic amines is 1. The molecule has 2 amide bonds. The van der Waals surface area contributed by atoms with Gasteiger partial charge in [0.15, 0.2) is 3.95 Å². The molecule has 1 aliphatic rings. The van der Waals surface area contributed by atoms with Crippen LogP contribution in [0.3, 0.4) is 0 Å². The van der Waals surface area contributed by atoms with Gasteiger partial charge in [-0.25, -0.2) is 0 Å². The Kier molecular flexibility index (Phi) is 3.82. The molecule has 1 fully saturated rings. The SMILES string of the molecule is Cc1[nH]c(=S)sc1CC(=O)N1CCC[C@@H]1C(N)=O. The molecule has 0 aliphatic carbocycles. The Morgan fingerprint density at radius 2 is 2.33 bits per heavy atom. The number of nitrogens with one attached hydrogen (secondary N) is 1. The van der Waals surface area contributed by atoms with Crippen molar-refractivity contribution in [1.82, 2.24) is 9.88 Å². The maximum atomic E-state index is 12.2. The molecule has 1 saturated heterocycles. The van der Waals surface area contributed by atoms with Gasteiger partial charge in [-0.3, -0.25) is 9.59 Å². The Morgan fingerprint density at radius 1 is 1.61 bits per heavy atom. The van der Waals surface area contributed by atoms with Crippen molar-refractivity contribution in [2.24, 2.45) is 5.73 Å². The maximum absolute atomic E-state index is 12.2. The Balaban J connectivity index is 2.10. The van der Waals surface area contributed by atoms with Gasteiger partial charge in [0, 0.05) is 17.1 Å². The zero-order valence-electron chi connectivity index (χ0n) is 10.1. The highest BCUT2D eigenvalue weighted by Crippen LogP contribution is 2.21. The van der Waals surface area contributed by atoms with Crippen LogP contribution in [-0.4, -0.2) is 34.3 Å². The van der Waals surface area contributed by atoms with Crippen molar-refractivity contribution in [3.63, 3.8) is 0 Å². The summed E-state index contributed by atoms with van der Waals surface area (Å²) in [6.45, 7) is 2.51. The number of hydrogen-bond donors (Lipinski definition) is 2. The van der Waals surface area contributed by atoms with Crippen molar-refractivity contribution in [1.29, 1.82) is 0 Å². The minimum absolute atomic E-state index is 0.0512. The van der Waals surface area contributed by atoms with Crippen LogP contribution in [0.4, 0.5) is 0 Å². The number of aryl methyl sites for hydroxylation is 1. The van der Waals surface area contributed by atoms with E-state index in [2.05, 4.69) is 4.98 Å². The smallest absolute Gasteiger partial charge is 0.240 e. The van der Waals surface area contributed by atoms with Crippen LogP contribution in [0, 0.1) is 10.9 Å². The van der Waals surface area contributed by atoms with Crippen molar-refractivity contribution in [2.45, 2.75) is 32.2 Å². The van der Waals surface area contributed by atoms with Gasteiger partial charge in [0.1, 0.15) is 6.04 Å². The summed E-state index contributed by atoms with van der Waals surface area (Å²) < 4.78 is 0.670. The predicted octanol–water partition coefficient (Wildman–Crippen LogP) is 1.13. The molecule has 0 aromatic carbocycles. The zero-order valence-corrected chi connectivity index (χ0v) is 11.7. The minimum atomic E-state index is -0.440. The summed E-state index contributed by atoms with van der Waals surface area (Å²) in [7, 11) is 0. The number of rotatable bonds is 3. The van der Waals surface area contributed by atoms with E-state index in [-0.39, 0.29) is 12.3 Å². The van der Waals surface area contributed by atoms with E-state index in [4.69, 9.17) is 18.0 Å². The quantitative estimate of drug-likeness (QED) is 0.817. The molecule has 0 spiro atoms. The fraction of sp³-hybridized carbons (Fsp3) is 0.545. The van der Waals surface area contributed by atoms with Gasteiger partial charge in [-0.15, -0.1) is 11.3 Å². The van der Waals surface area contributed by atoms with Gasteiger partial charge >= 0.3 is 0 Å². The van der Waals surface area contributed by atoms with E-state index in [9.17, 15) is 9.59 Å². The number of H-pyrrole nitrogens is 1. The lowest BCUT2D eigenvalue weighted by Gasteiger charge is -2.21. The van der Waals surface area contributed by atoms with E-state index < -0.39 is 11.9 Å². The van der Waals surface area contributed by atoms with Crippen molar-refractivity contribution >= 4 is 35.4 Å². The van der Waals surface area contributed by atoms with Gasteiger partial charge in [0.05, 0.1) is 6.42 Å². The average molecular weight is 285 g/mol. The summed E-state index contributed by atoms with van der Waals surface area (Å²) in [5.41, 5.74) is 6.22. The lowest BCUT2D eigenvalue weighted by atomic mass is 10.2. The highest BCUT2D eigenvalue weighted by molar-refractivity contribution is 7.73. The normalized spacial score (nSPS) is 19.2. The van der Waals surface area contributed by atoms with Gasteiger partial charge in [-0.2, -0.15) is 0 Å². The Morgan fingerprint density at radius 3 is 2.89 bits per heavy atom. The monoisotopic (exact) mass is 285 g/mol. The number of amides is 2. The molecule has 1 aromatic rings.